The molecule has 0 aliphatic carbocycles. The second-order valence-electron chi connectivity index (χ2n) is 3.55. The second kappa shape index (κ2) is 5.34. The molecule has 4 nitrogen and oxygen atoms in total. The first-order valence-electron chi connectivity index (χ1n) is 4.66. The summed E-state index contributed by atoms with van der Waals surface area (Å²) >= 11 is 1.76. The van der Waals surface area contributed by atoms with Crippen LogP contribution in [0.5, 0.6) is 0 Å². The molecule has 1 heterocycles. The minimum atomic E-state index is -3.01. The quantitative estimate of drug-likeness (QED) is 0.632. The van der Waals surface area contributed by atoms with Gasteiger partial charge in [-0.15, -0.1) is 0 Å². The van der Waals surface area contributed by atoms with E-state index in [2.05, 4.69) is 5.32 Å². The van der Waals surface area contributed by atoms with Crippen molar-refractivity contribution in [3.63, 3.8) is 0 Å². The predicted molar refractivity (Wildman–Crippen MR) is 59.5 cm³/mol. The molecule has 84 valence electrons. The largest absolute Gasteiger partial charge is 0.390 e. The maximum atomic E-state index is 11.1. The minimum Gasteiger partial charge on any atom is -0.390 e. The first-order chi connectivity index (χ1) is 6.55. The first-order valence-corrected chi connectivity index (χ1v) is 7.87. The minimum absolute atomic E-state index is 0.0768. The van der Waals surface area contributed by atoms with E-state index in [0.29, 0.717) is 0 Å². The summed E-state index contributed by atoms with van der Waals surface area (Å²) in [5, 5.41) is 12.5. The number of nitrogens with one attached hydrogen (secondary N) is 1. The second-order valence-corrected chi connectivity index (χ2v) is 6.69. The lowest BCUT2D eigenvalue weighted by atomic mass is 10.2. The third-order valence-corrected chi connectivity index (χ3v) is 4.67. The monoisotopic (exact) mass is 239 g/mol. The fourth-order valence-corrected chi connectivity index (χ4v) is 3.74. The molecule has 2 atom stereocenters. The molecule has 1 saturated heterocycles. The van der Waals surface area contributed by atoms with E-state index in [4.69, 9.17) is 0 Å². The number of sulfone groups is 1. The predicted octanol–water partition coefficient (Wildman–Crippen LogP) is -0.513. The van der Waals surface area contributed by atoms with Crippen LogP contribution in [0.25, 0.3) is 0 Å². The van der Waals surface area contributed by atoms with Crippen LogP contribution in [0.15, 0.2) is 0 Å². The number of thioether (sulfide) groups is 1. The lowest BCUT2D eigenvalue weighted by Gasteiger charge is -2.14. The summed E-state index contributed by atoms with van der Waals surface area (Å²) in [6.07, 6.45) is 2.31. The van der Waals surface area contributed by atoms with Gasteiger partial charge in [-0.2, -0.15) is 11.8 Å². The molecule has 0 aromatic heterocycles. The highest BCUT2D eigenvalue weighted by molar-refractivity contribution is 7.98. The SMILES string of the molecule is CSCCCNC1CS(=O)(=O)CC1O. The van der Waals surface area contributed by atoms with Crippen LogP contribution in [0.4, 0.5) is 0 Å². The van der Waals surface area contributed by atoms with Gasteiger partial charge < -0.3 is 10.4 Å². The maximum absolute atomic E-state index is 11.1. The number of hydrogen-bond donors (Lipinski definition) is 2. The maximum Gasteiger partial charge on any atom is 0.154 e. The zero-order valence-corrected chi connectivity index (χ0v) is 9.90. The van der Waals surface area contributed by atoms with E-state index >= 15 is 0 Å². The summed E-state index contributed by atoms with van der Waals surface area (Å²) in [5.74, 6) is 1.04. The topological polar surface area (TPSA) is 66.4 Å². The molecule has 1 aliphatic heterocycles. The molecule has 0 spiro atoms. The molecule has 0 bridgehead atoms. The van der Waals surface area contributed by atoms with Crippen LogP contribution in [-0.2, 0) is 9.84 Å². The summed E-state index contributed by atoms with van der Waals surface area (Å²) in [6.45, 7) is 0.776. The van der Waals surface area contributed by atoms with Crippen molar-refractivity contribution in [3.05, 3.63) is 0 Å². The van der Waals surface area contributed by atoms with Gasteiger partial charge in [0.1, 0.15) is 0 Å². The van der Waals surface area contributed by atoms with Gasteiger partial charge in [-0.3, -0.25) is 0 Å². The van der Waals surface area contributed by atoms with Crippen LogP contribution in [-0.4, -0.2) is 55.7 Å². The Labute approximate surface area is 89.4 Å². The zero-order chi connectivity index (χ0) is 10.6. The molecule has 14 heavy (non-hydrogen) atoms. The zero-order valence-electron chi connectivity index (χ0n) is 8.27. The molecule has 0 aromatic rings. The van der Waals surface area contributed by atoms with Crippen molar-refractivity contribution < 1.29 is 13.5 Å². The average Bonchev–Trinajstić information content (AvgIpc) is 2.34. The first kappa shape index (κ1) is 12.3. The van der Waals surface area contributed by atoms with Gasteiger partial charge in [0.25, 0.3) is 0 Å². The Kier molecular flexibility index (Phi) is 4.69. The molecule has 6 heteroatoms. The third-order valence-electron chi connectivity index (χ3n) is 2.25. The molecule has 0 amide bonds. The highest BCUT2D eigenvalue weighted by Crippen LogP contribution is 2.12. The molecular weight excluding hydrogens is 222 g/mol. The third kappa shape index (κ3) is 3.76. The van der Waals surface area contributed by atoms with Crippen LogP contribution in [0.2, 0.25) is 0 Å². The Balaban J connectivity index is 2.25. The van der Waals surface area contributed by atoms with Crippen molar-refractivity contribution in [2.24, 2.45) is 0 Å². The van der Waals surface area contributed by atoms with Crippen LogP contribution >= 0.6 is 11.8 Å². The Morgan fingerprint density at radius 2 is 2.21 bits per heavy atom. The van der Waals surface area contributed by atoms with Gasteiger partial charge in [-0.05, 0) is 25.0 Å². The van der Waals surface area contributed by atoms with Gasteiger partial charge in [0, 0.05) is 6.04 Å². The molecular formula is C8H17NO3S2. The van der Waals surface area contributed by atoms with Crippen molar-refractivity contribution in [1.82, 2.24) is 5.32 Å². The molecule has 1 aliphatic rings. The van der Waals surface area contributed by atoms with E-state index in [1.165, 1.54) is 0 Å². The Hall–Kier alpha value is 0.220. The lowest BCUT2D eigenvalue weighted by Crippen LogP contribution is -2.39. The number of aliphatic hydroxyl groups excluding tert-OH is 1. The average molecular weight is 239 g/mol. The van der Waals surface area contributed by atoms with Gasteiger partial charge in [-0.25, -0.2) is 8.42 Å². The van der Waals surface area contributed by atoms with Gasteiger partial charge in [0.15, 0.2) is 9.84 Å². The Morgan fingerprint density at radius 1 is 1.50 bits per heavy atom. The van der Waals surface area contributed by atoms with E-state index in [9.17, 15) is 13.5 Å². The Bertz CT molecular complexity index is 266. The van der Waals surface area contributed by atoms with Gasteiger partial charge in [-0.1, -0.05) is 0 Å². The van der Waals surface area contributed by atoms with Crippen LogP contribution in [0, 0.1) is 0 Å². The molecule has 2 N–H and O–H groups in total. The van der Waals surface area contributed by atoms with Crippen molar-refractivity contribution in [3.8, 4) is 0 Å². The standard InChI is InChI=1S/C8H17NO3S2/c1-13-4-2-3-9-7-5-14(11,12)6-8(7)10/h7-10H,2-6H2,1H3. The lowest BCUT2D eigenvalue weighted by molar-refractivity contribution is 0.166. The van der Waals surface area contributed by atoms with E-state index in [-0.39, 0.29) is 17.5 Å². The summed E-state index contributed by atoms with van der Waals surface area (Å²) in [6, 6.07) is -0.262. The highest BCUT2D eigenvalue weighted by Gasteiger charge is 2.35. The van der Waals surface area contributed by atoms with Crippen molar-refractivity contribution in [2.75, 3.05) is 30.1 Å². The van der Waals surface area contributed by atoms with Crippen molar-refractivity contribution in [1.29, 1.82) is 0 Å². The van der Waals surface area contributed by atoms with Gasteiger partial charge in [0.05, 0.1) is 17.6 Å². The van der Waals surface area contributed by atoms with E-state index in [0.717, 1.165) is 18.7 Å². The fourth-order valence-electron chi connectivity index (χ4n) is 1.53. The van der Waals surface area contributed by atoms with Crippen molar-refractivity contribution in [2.45, 2.75) is 18.6 Å². The summed E-state index contributed by atoms with van der Waals surface area (Å²) < 4.78 is 22.3. The molecule has 0 saturated carbocycles. The highest BCUT2D eigenvalue weighted by atomic mass is 32.2. The number of hydrogen-bond acceptors (Lipinski definition) is 5. The smallest absolute Gasteiger partial charge is 0.154 e. The van der Waals surface area contributed by atoms with E-state index < -0.39 is 15.9 Å². The molecule has 1 fully saturated rings. The Morgan fingerprint density at radius 3 is 2.71 bits per heavy atom. The van der Waals surface area contributed by atoms with Gasteiger partial charge >= 0.3 is 0 Å². The van der Waals surface area contributed by atoms with E-state index in [1.54, 1.807) is 11.8 Å². The van der Waals surface area contributed by atoms with Crippen LogP contribution in [0.1, 0.15) is 6.42 Å². The normalized spacial score (nSPS) is 30.7. The fraction of sp³-hybridized carbons (Fsp3) is 1.00. The van der Waals surface area contributed by atoms with Crippen LogP contribution < -0.4 is 5.32 Å². The van der Waals surface area contributed by atoms with Crippen LogP contribution in [0.3, 0.4) is 0 Å². The van der Waals surface area contributed by atoms with E-state index in [1.807, 2.05) is 6.26 Å². The molecule has 0 aromatic carbocycles. The summed E-state index contributed by atoms with van der Waals surface area (Å²) in [5.41, 5.74) is 0. The van der Waals surface area contributed by atoms with Crippen molar-refractivity contribution >= 4 is 21.6 Å². The number of rotatable bonds is 5. The number of aliphatic hydroxyl groups is 1. The summed E-state index contributed by atoms with van der Waals surface area (Å²) in [7, 11) is -3.01. The van der Waals surface area contributed by atoms with Gasteiger partial charge in [0.2, 0.25) is 0 Å². The molecule has 1 rings (SSSR count). The summed E-state index contributed by atoms with van der Waals surface area (Å²) in [4.78, 5) is 0. The molecule has 2 unspecified atom stereocenters. The molecule has 0 radical (unpaired) electrons.